The van der Waals surface area contributed by atoms with Crippen LogP contribution in [0.4, 0.5) is 0 Å². The lowest BCUT2D eigenvalue weighted by Crippen LogP contribution is -2.32. The van der Waals surface area contributed by atoms with Gasteiger partial charge in [0.2, 0.25) is 5.91 Å². The molecule has 1 aromatic heterocycles. The number of rotatable bonds is 5. The van der Waals surface area contributed by atoms with Crippen molar-refractivity contribution in [3.8, 4) is 0 Å². The molecular formula is C13H19NO3S. The van der Waals surface area contributed by atoms with Crippen LogP contribution in [0.3, 0.4) is 0 Å². The standard InChI is InChI=1S/C13H19NO3S/c15-12(10-4-6-18-9-10)8-14-13(16)7-11-3-1-2-5-17-11/h4,6,9,11-12,15H,1-3,5,7-8H2,(H,14,16). The molecule has 1 amide bonds. The van der Waals surface area contributed by atoms with Gasteiger partial charge in [0, 0.05) is 13.2 Å². The highest BCUT2D eigenvalue weighted by Gasteiger charge is 2.18. The van der Waals surface area contributed by atoms with Gasteiger partial charge in [0.15, 0.2) is 0 Å². The number of thiophene rings is 1. The largest absolute Gasteiger partial charge is 0.387 e. The molecule has 5 heteroatoms. The number of hydrogen-bond donors (Lipinski definition) is 2. The van der Waals surface area contributed by atoms with Crippen molar-refractivity contribution in [1.82, 2.24) is 5.32 Å². The molecule has 2 unspecified atom stereocenters. The van der Waals surface area contributed by atoms with Gasteiger partial charge in [-0.25, -0.2) is 0 Å². The molecule has 2 heterocycles. The number of aliphatic hydroxyl groups is 1. The molecule has 0 bridgehead atoms. The lowest BCUT2D eigenvalue weighted by molar-refractivity contribution is -0.125. The van der Waals surface area contributed by atoms with E-state index >= 15 is 0 Å². The SMILES string of the molecule is O=C(CC1CCCCO1)NCC(O)c1ccsc1. The molecule has 18 heavy (non-hydrogen) atoms. The molecule has 2 atom stereocenters. The van der Waals surface area contributed by atoms with E-state index in [2.05, 4.69) is 5.32 Å². The first-order chi connectivity index (χ1) is 8.75. The molecule has 100 valence electrons. The maximum atomic E-state index is 11.7. The van der Waals surface area contributed by atoms with Crippen molar-refractivity contribution in [2.24, 2.45) is 0 Å². The second kappa shape index (κ2) is 6.87. The fourth-order valence-electron chi connectivity index (χ4n) is 2.04. The average molecular weight is 269 g/mol. The van der Waals surface area contributed by atoms with E-state index in [0.717, 1.165) is 31.4 Å². The summed E-state index contributed by atoms with van der Waals surface area (Å²) in [5.41, 5.74) is 0.856. The van der Waals surface area contributed by atoms with E-state index in [-0.39, 0.29) is 18.6 Å². The summed E-state index contributed by atoms with van der Waals surface area (Å²) in [7, 11) is 0. The zero-order chi connectivity index (χ0) is 12.8. The zero-order valence-electron chi connectivity index (χ0n) is 10.3. The number of hydrogen-bond acceptors (Lipinski definition) is 4. The molecule has 0 saturated carbocycles. The Labute approximate surface area is 111 Å². The van der Waals surface area contributed by atoms with Crippen LogP contribution in [0.25, 0.3) is 0 Å². The van der Waals surface area contributed by atoms with Crippen LogP contribution in [0, 0.1) is 0 Å². The highest BCUT2D eigenvalue weighted by molar-refractivity contribution is 7.07. The quantitative estimate of drug-likeness (QED) is 0.857. The first kappa shape index (κ1) is 13.5. The van der Waals surface area contributed by atoms with Crippen molar-refractivity contribution >= 4 is 17.2 Å². The van der Waals surface area contributed by atoms with Crippen LogP contribution in [0.5, 0.6) is 0 Å². The Kier molecular flexibility index (Phi) is 5.16. The van der Waals surface area contributed by atoms with Crippen LogP contribution in [0.2, 0.25) is 0 Å². The Bertz CT molecular complexity index is 360. The van der Waals surface area contributed by atoms with E-state index in [1.165, 1.54) is 11.3 Å². The van der Waals surface area contributed by atoms with Crippen LogP contribution < -0.4 is 5.32 Å². The third kappa shape index (κ3) is 4.08. The summed E-state index contributed by atoms with van der Waals surface area (Å²) in [6.45, 7) is 1.03. The third-order valence-electron chi connectivity index (χ3n) is 3.11. The van der Waals surface area contributed by atoms with Crippen molar-refractivity contribution in [1.29, 1.82) is 0 Å². The summed E-state index contributed by atoms with van der Waals surface area (Å²) in [5.74, 6) is -0.0452. The molecule has 1 saturated heterocycles. The van der Waals surface area contributed by atoms with Gasteiger partial charge in [0.1, 0.15) is 0 Å². The molecule has 1 aliphatic heterocycles. The molecule has 4 nitrogen and oxygen atoms in total. The number of carbonyl (C=O) groups excluding carboxylic acids is 1. The highest BCUT2D eigenvalue weighted by Crippen LogP contribution is 2.17. The smallest absolute Gasteiger partial charge is 0.222 e. The molecular weight excluding hydrogens is 250 g/mol. The number of amides is 1. The monoisotopic (exact) mass is 269 g/mol. The van der Waals surface area contributed by atoms with Gasteiger partial charge in [0.25, 0.3) is 0 Å². The molecule has 1 aromatic rings. The second-order valence-corrected chi connectivity index (χ2v) is 5.35. The Morgan fingerprint density at radius 3 is 3.17 bits per heavy atom. The molecule has 1 aliphatic rings. The van der Waals surface area contributed by atoms with Crippen molar-refractivity contribution in [3.63, 3.8) is 0 Å². The fourth-order valence-corrected chi connectivity index (χ4v) is 2.75. The van der Waals surface area contributed by atoms with Gasteiger partial charge >= 0.3 is 0 Å². The summed E-state index contributed by atoms with van der Waals surface area (Å²) in [6.07, 6.45) is 3.02. The van der Waals surface area contributed by atoms with Gasteiger partial charge in [-0.1, -0.05) is 0 Å². The summed E-state index contributed by atoms with van der Waals surface area (Å²) >= 11 is 1.54. The van der Waals surface area contributed by atoms with E-state index in [0.29, 0.717) is 6.42 Å². The van der Waals surface area contributed by atoms with Gasteiger partial charge < -0.3 is 15.2 Å². The predicted molar refractivity (Wildman–Crippen MR) is 70.5 cm³/mol. The van der Waals surface area contributed by atoms with E-state index in [1.807, 2.05) is 16.8 Å². The van der Waals surface area contributed by atoms with Gasteiger partial charge in [-0.2, -0.15) is 11.3 Å². The van der Waals surface area contributed by atoms with Crippen LogP contribution in [0.15, 0.2) is 16.8 Å². The van der Waals surface area contributed by atoms with Gasteiger partial charge in [-0.15, -0.1) is 0 Å². The van der Waals surface area contributed by atoms with Crippen LogP contribution in [-0.4, -0.2) is 30.3 Å². The number of aliphatic hydroxyl groups excluding tert-OH is 1. The zero-order valence-corrected chi connectivity index (χ0v) is 11.1. The molecule has 1 fully saturated rings. The Balaban J connectivity index is 1.68. The molecule has 0 aromatic carbocycles. The van der Waals surface area contributed by atoms with E-state index in [4.69, 9.17) is 4.74 Å². The summed E-state index contributed by atoms with van der Waals surface area (Å²) < 4.78 is 5.51. The number of nitrogens with one attached hydrogen (secondary N) is 1. The normalized spacial score (nSPS) is 21.5. The lowest BCUT2D eigenvalue weighted by atomic mass is 10.1. The second-order valence-electron chi connectivity index (χ2n) is 4.57. The average Bonchev–Trinajstić information content (AvgIpc) is 2.91. The Morgan fingerprint density at radius 2 is 2.50 bits per heavy atom. The molecule has 2 rings (SSSR count). The van der Waals surface area contributed by atoms with Crippen molar-refractivity contribution in [2.45, 2.75) is 37.9 Å². The Hall–Kier alpha value is -0.910. The van der Waals surface area contributed by atoms with E-state index < -0.39 is 6.10 Å². The van der Waals surface area contributed by atoms with Crippen LogP contribution in [0.1, 0.15) is 37.4 Å². The first-order valence-electron chi connectivity index (χ1n) is 6.34. The Morgan fingerprint density at radius 1 is 1.61 bits per heavy atom. The minimum atomic E-state index is -0.618. The number of carbonyl (C=O) groups is 1. The fraction of sp³-hybridized carbons (Fsp3) is 0.615. The van der Waals surface area contributed by atoms with Crippen molar-refractivity contribution < 1.29 is 14.6 Å². The minimum absolute atomic E-state index is 0.0452. The first-order valence-corrected chi connectivity index (χ1v) is 7.28. The third-order valence-corrected chi connectivity index (χ3v) is 3.81. The topological polar surface area (TPSA) is 58.6 Å². The van der Waals surface area contributed by atoms with Gasteiger partial charge in [0.05, 0.1) is 18.6 Å². The summed E-state index contributed by atoms with van der Waals surface area (Å²) in [6, 6.07) is 1.87. The highest BCUT2D eigenvalue weighted by atomic mass is 32.1. The lowest BCUT2D eigenvalue weighted by Gasteiger charge is -2.22. The minimum Gasteiger partial charge on any atom is -0.387 e. The number of ether oxygens (including phenoxy) is 1. The molecule has 0 aliphatic carbocycles. The summed E-state index contributed by atoms with van der Waals surface area (Å²) in [5, 5.41) is 16.4. The van der Waals surface area contributed by atoms with Crippen molar-refractivity contribution in [2.75, 3.05) is 13.2 Å². The van der Waals surface area contributed by atoms with Crippen molar-refractivity contribution in [3.05, 3.63) is 22.4 Å². The molecule has 0 radical (unpaired) electrons. The molecule has 2 N–H and O–H groups in total. The predicted octanol–water partition coefficient (Wildman–Crippen LogP) is 1.86. The van der Waals surface area contributed by atoms with Gasteiger partial charge in [-0.05, 0) is 41.7 Å². The maximum absolute atomic E-state index is 11.7. The van der Waals surface area contributed by atoms with Gasteiger partial charge in [-0.3, -0.25) is 4.79 Å². The van der Waals surface area contributed by atoms with Crippen LogP contribution >= 0.6 is 11.3 Å². The maximum Gasteiger partial charge on any atom is 0.222 e. The van der Waals surface area contributed by atoms with Crippen LogP contribution in [-0.2, 0) is 9.53 Å². The summed E-state index contributed by atoms with van der Waals surface area (Å²) in [4.78, 5) is 11.7. The van der Waals surface area contributed by atoms with E-state index in [9.17, 15) is 9.90 Å². The molecule has 0 spiro atoms. The van der Waals surface area contributed by atoms with E-state index in [1.54, 1.807) is 0 Å².